The molecule has 64 valence electrons. The molecular formula is C8H9NO3. The fourth-order valence-electron chi connectivity index (χ4n) is 0.651. The van der Waals surface area contributed by atoms with Crippen LogP contribution in [0.2, 0.25) is 0 Å². The van der Waals surface area contributed by atoms with E-state index in [0.29, 0.717) is 12.4 Å². The smallest absolute Gasteiger partial charge is 0.434 e. The van der Waals surface area contributed by atoms with E-state index in [1.54, 1.807) is 25.3 Å². The van der Waals surface area contributed by atoms with Crippen molar-refractivity contribution in [3.8, 4) is 5.75 Å². The van der Waals surface area contributed by atoms with E-state index in [9.17, 15) is 4.79 Å². The minimum atomic E-state index is -0.703. The van der Waals surface area contributed by atoms with E-state index in [1.807, 2.05) is 0 Å². The van der Waals surface area contributed by atoms with Crippen LogP contribution in [0.15, 0.2) is 24.5 Å². The molecule has 1 heterocycles. The SMILES string of the molecule is CCOC(=O)Oc1cccnc1. The third-order valence-electron chi connectivity index (χ3n) is 1.10. The van der Waals surface area contributed by atoms with Gasteiger partial charge < -0.3 is 9.47 Å². The van der Waals surface area contributed by atoms with Crippen LogP contribution in [0.1, 0.15) is 6.92 Å². The summed E-state index contributed by atoms with van der Waals surface area (Å²) in [5.74, 6) is 0.385. The minimum absolute atomic E-state index is 0.305. The van der Waals surface area contributed by atoms with Gasteiger partial charge in [-0.05, 0) is 19.1 Å². The molecule has 4 nitrogen and oxygen atoms in total. The molecule has 1 rings (SSSR count). The lowest BCUT2D eigenvalue weighted by molar-refractivity contribution is 0.104. The predicted molar refractivity (Wildman–Crippen MR) is 41.9 cm³/mol. The van der Waals surface area contributed by atoms with Gasteiger partial charge in [0.05, 0.1) is 12.8 Å². The van der Waals surface area contributed by atoms with Gasteiger partial charge in [0.25, 0.3) is 0 Å². The molecule has 0 fully saturated rings. The standard InChI is InChI=1S/C8H9NO3/c1-2-11-8(10)12-7-4-3-5-9-6-7/h3-6H,2H2,1H3. The van der Waals surface area contributed by atoms with Gasteiger partial charge in [-0.1, -0.05) is 0 Å². The van der Waals surface area contributed by atoms with Crippen molar-refractivity contribution in [2.45, 2.75) is 6.92 Å². The Kier molecular flexibility index (Phi) is 3.07. The molecule has 12 heavy (non-hydrogen) atoms. The largest absolute Gasteiger partial charge is 0.513 e. The number of carbonyl (C=O) groups excluding carboxylic acids is 1. The van der Waals surface area contributed by atoms with Gasteiger partial charge in [-0.2, -0.15) is 0 Å². The fourth-order valence-corrected chi connectivity index (χ4v) is 0.651. The van der Waals surface area contributed by atoms with Gasteiger partial charge in [-0.25, -0.2) is 4.79 Å². The lowest BCUT2D eigenvalue weighted by Gasteiger charge is -2.01. The molecule has 0 radical (unpaired) electrons. The third-order valence-corrected chi connectivity index (χ3v) is 1.10. The second kappa shape index (κ2) is 4.33. The zero-order chi connectivity index (χ0) is 8.81. The Bertz CT molecular complexity index is 248. The van der Waals surface area contributed by atoms with E-state index in [1.165, 1.54) is 6.20 Å². The molecule has 0 aliphatic heterocycles. The van der Waals surface area contributed by atoms with E-state index < -0.39 is 6.16 Å². The van der Waals surface area contributed by atoms with E-state index in [2.05, 4.69) is 9.72 Å². The van der Waals surface area contributed by atoms with E-state index in [4.69, 9.17) is 4.74 Å². The number of carbonyl (C=O) groups is 1. The summed E-state index contributed by atoms with van der Waals surface area (Å²) in [7, 11) is 0. The van der Waals surface area contributed by atoms with Crippen molar-refractivity contribution in [1.29, 1.82) is 0 Å². The maximum atomic E-state index is 10.7. The van der Waals surface area contributed by atoms with Gasteiger partial charge in [0, 0.05) is 6.20 Å². The summed E-state index contributed by atoms with van der Waals surface area (Å²) in [5.41, 5.74) is 0. The number of nitrogens with zero attached hydrogens (tertiary/aromatic N) is 1. The average Bonchev–Trinajstić information content (AvgIpc) is 2.06. The summed E-state index contributed by atoms with van der Waals surface area (Å²) in [6.07, 6.45) is 2.33. The number of hydrogen-bond acceptors (Lipinski definition) is 4. The summed E-state index contributed by atoms with van der Waals surface area (Å²) in [5, 5.41) is 0. The van der Waals surface area contributed by atoms with Gasteiger partial charge in [-0.15, -0.1) is 0 Å². The highest BCUT2D eigenvalue weighted by Gasteiger charge is 2.02. The molecule has 0 atom stereocenters. The minimum Gasteiger partial charge on any atom is -0.434 e. The molecule has 0 aliphatic carbocycles. The highest BCUT2D eigenvalue weighted by Crippen LogP contribution is 2.06. The first kappa shape index (κ1) is 8.52. The molecule has 0 saturated heterocycles. The number of rotatable bonds is 2. The first-order valence-electron chi connectivity index (χ1n) is 3.57. The molecule has 1 aromatic rings. The molecule has 0 saturated carbocycles. The van der Waals surface area contributed by atoms with Crippen LogP contribution in [-0.4, -0.2) is 17.7 Å². The van der Waals surface area contributed by atoms with Crippen molar-refractivity contribution in [2.75, 3.05) is 6.61 Å². The van der Waals surface area contributed by atoms with Gasteiger partial charge >= 0.3 is 6.16 Å². The zero-order valence-corrected chi connectivity index (χ0v) is 6.69. The first-order chi connectivity index (χ1) is 5.83. The van der Waals surface area contributed by atoms with Crippen molar-refractivity contribution in [3.05, 3.63) is 24.5 Å². The maximum absolute atomic E-state index is 10.7. The summed E-state index contributed by atoms with van der Waals surface area (Å²) >= 11 is 0. The van der Waals surface area contributed by atoms with Crippen molar-refractivity contribution >= 4 is 6.16 Å². The van der Waals surface area contributed by atoms with E-state index in [0.717, 1.165) is 0 Å². The van der Waals surface area contributed by atoms with Crippen LogP contribution in [0.3, 0.4) is 0 Å². The lowest BCUT2D eigenvalue weighted by Crippen LogP contribution is -2.09. The maximum Gasteiger partial charge on any atom is 0.513 e. The summed E-state index contributed by atoms with van der Waals surface area (Å²) < 4.78 is 9.29. The molecule has 0 spiro atoms. The second-order valence-corrected chi connectivity index (χ2v) is 1.97. The Labute approximate surface area is 70.1 Å². The Hall–Kier alpha value is -1.58. The van der Waals surface area contributed by atoms with Crippen molar-refractivity contribution in [1.82, 2.24) is 4.98 Å². The molecule has 0 aliphatic rings. The highest BCUT2D eigenvalue weighted by atomic mass is 16.7. The topological polar surface area (TPSA) is 48.4 Å². The number of ether oxygens (including phenoxy) is 2. The number of pyridine rings is 1. The van der Waals surface area contributed by atoms with Crippen LogP contribution in [-0.2, 0) is 4.74 Å². The summed E-state index contributed by atoms with van der Waals surface area (Å²) in [4.78, 5) is 14.5. The molecule has 0 unspecified atom stereocenters. The van der Waals surface area contributed by atoms with E-state index >= 15 is 0 Å². The Morgan fingerprint density at radius 1 is 1.67 bits per heavy atom. The van der Waals surface area contributed by atoms with Gasteiger partial charge in [0.15, 0.2) is 5.75 Å². The summed E-state index contributed by atoms with van der Waals surface area (Å²) in [6, 6.07) is 3.30. The molecule has 0 aromatic carbocycles. The van der Waals surface area contributed by atoms with Crippen LogP contribution >= 0.6 is 0 Å². The third kappa shape index (κ3) is 2.57. The lowest BCUT2D eigenvalue weighted by atomic mass is 10.5. The Balaban J connectivity index is 2.47. The summed E-state index contributed by atoms with van der Waals surface area (Å²) in [6.45, 7) is 2.02. The zero-order valence-electron chi connectivity index (χ0n) is 6.69. The van der Waals surface area contributed by atoms with Crippen molar-refractivity contribution < 1.29 is 14.3 Å². The second-order valence-electron chi connectivity index (χ2n) is 1.97. The fraction of sp³-hybridized carbons (Fsp3) is 0.250. The molecule has 4 heteroatoms. The molecule has 0 bridgehead atoms. The molecule has 0 amide bonds. The van der Waals surface area contributed by atoms with Crippen LogP contribution in [0, 0.1) is 0 Å². The van der Waals surface area contributed by atoms with Gasteiger partial charge in [0.2, 0.25) is 0 Å². The quantitative estimate of drug-likeness (QED) is 0.628. The van der Waals surface area contributed by atoms with E-state index in [-0.39, 0.29) is 0 Å². The van der Waals surface area contributed by atoms with Crippen molar-refractivity contribution in [2.24, 2.45) is 0 Å². The number of aromatic nitrogens is 1. The number of hydrogen-bond donors (Lipinski definition) is 0. The van der Waals surface area contributed by atoms with Crippen LogP contribution < -0.4 is 4.74 Å². The van der Waals surface area contributed by atoms with Crippen LogP contribution in [0.5, 0.6) is 5.75 Å². The Morgan fingerprint density at radius 3 is 3.08 bits per heavy atom. The first-order valence-corrected chi connectivity index (χ1v) is 3.57. The van der Waals surface area contributed by atoms with Gasteiger partial charge in [0.1, 0.15) is 0 Å². The highest BCUT2D eigenvalue weighted by molar-refractivity contribution is 5.63. The average molecular weight is 167 g/mol. The molecular weight excluding hydrogens is 158 g/mol. The van der Waals surface area contributed by atoms with Crippen LogP contribution in [0.25, 0.3) is 0 Å². The monoisotopic (exact) mass is 167 g/mol. The molecule has 0 N–H and O–H groups in total. The van der Waals surface area contributed by atoms with Crippen molar-refractivity contribution in [3.63, 3.8) is 0 Å². The van der Waals surface area contributed by atoms with Gasteiger partial charge in [-0.3, -0.25) is 4.98 Å². The predicted octanol–water partition coefficient (Wildman–Crippen LogP) is 1.62. The Morgan fingerprint density at radius 2 is 2.50 bits per heavy atom. The van der Waals surface area contributed by atoms with Crippen LogP contribution in [0.4, 0.5) is 4.79 Å². The normalized spacial score (nSPS) is 9.08. The molecule has 1 aromatic heterocycles.